The van der Waals surface area contributed by atoms with E-state index in [1.54, 1.807) is 12.1 Å². The third-order valence-electron chi connectivity index (χ3n) is 6.49. The number of hydrogen-bond donors (Lipinski definition) is 0. The summed E-state index contributed by atoms with van der Waals surface area (Å²) in [5.74, 6) is 0.953. The molecule has 0 radical (unpaired) electrons. The monoisotopic (exact) mass is 505 g/mol. The van der Waals surface area contributed by atoms with E-state index in [0.29, 0.717) is 13.1 Å². The zero-order valence-corrected chi connectivity index (χ0v) is 21.5. The highest BCUT2D eigenvalue weighted by Gasteiger charge is 2.30. The first-order valence-electron chi connectivity index (χ1n) is 13.0. The Morgan fingerprint density at radius 1 is 0.757 bits per heavy atom. The number of hydrogen-bond acceptors (Lipinski definition) is 2. The van der Waals surface area contributed by atoms with E-state index in [-0.39, 0.29) is 0 Å². The van der Waals surface area contributed by atoms with Crippen molar-refractivity contribution in [2.45, 2.75) is 58.9 Å². The molecule has 0 amide bonds. The highest BCUT2D eigenvalue weighted by molar-refractivity contribution is 5.68. The molecule has 6 heteroatoms. The molecule has 0 fully saturated rings. The molecule has 1 heterocycles. The van der Waals surface area contributed by atoms with Gasteiger partial charge in [0.05, 0.1) is 17.0 Å². The summed E-state index contributed by atoms with van der Waals surface area (Å²) < 4.78 is 41.5. The van der Waals surface area contributed by atoms with E-state index in [1.807, 2.05) is 36.4 Å². The maximum absolute atomic E-state index is 13.1. The zero-order chi connectivity index (χ0) is 26.3. The molecule has 0 aliphatic heterocycles. The third-order valence-corrected chi connectivity index (χ3v) is 6.49. The van der Waals surface area contributed by atoms with Gasteiger partial charge >= 0.3 is 6.18 Å². The average molecular weight is 506 g/mol. The molecule has 0 atom stereocenters. The first-order valence-corrected chi connectivity index (χ1v) is 13.0. The minimum absolute atomic E-state index is 0.569. The smallest absolute Gasteiger partial charge is 0.326 e. The number of nitrogens with zero attached hydrogens (tertiary/aromatic N) is 3. The molecule has 37 heavy (non-hydrogen) atoms. The number of rotatable bonds is 11. The van der Waals surface area contributed by atoms with Crippen LogP contribution < -0.4 is 0 Å². The van der Waals surface area contributed by atoms with E-state index in [0.717, 1.165) is 66.3 Å². The first-order chi connectivity index (χ1) is 17.9. The topological polar surface area (TPSA) is 21.1 Å². The van der Waals surface area contributed by atoms with Gasteiger partial charge < -0.3 is 4.57 Å². The number of aromatic nitrogens is 2. The summed E-state index contributed by atoms with van der Waals surface area (Å²) in [6.45, 7) is 7.22. The lowest BCUT2D eigenvalue weighted by atomic mass is 10.1. The van der Waals surface area contributed by atoms with Crippen LogP contribution in [0.1, 0.15) is 49.9 Å². The Bertz CT molecular complexity index is 1250. The summed E-state index contributed by atoms with van der Waals surface area (Å²) >= 11 is 0. The van der Waals surface area contributed by atoms with Crippen LogP contribution in [0.3, 0.4) is 0 Å². The second-order valence-corrected chi connectivity index (χ2v) is 9.37. The van der Waals surface area contributed by atoms with Crippen molar-refractivity contribution in [3.05, 3.63) is 102 Å². The van der Waals surface area contributed by atoms with Crippen LogP contribution in [0.5, 0.6) is 0 Å². The molecule has 0 bridgehead atoms. The Balaban J connectivity index is 1.74. The van der Waals surface area contributed by atoms with E-state index in [9.17, 15) is 13.2 Å². The summed E-state index contributed by atoms with van der Waals surface area (Å²) in [7, 11) is 0. The molecule has 1 aromatic heterocycles. The molecule has 0 saturated carbocycles. The standard InChI is InChI=1S/C31H34F3N3/c1-3-5-21-37-28(23-36(20-4-2)22-24-16-18-27(19-17-24)31(32,33)34)29(25-12-8-6-9-13-25)35-30(37)26-14-10-7-11-15-26/h6-19H,3-5,20-23H2,1-2H3. The van der Waals surface area contributed by atoms with Crippen molar-refractivity contribution >= 4 is 0 Å². The van der Waals surface area contributed by atoms with E-state index < -0.39 is 11.7 Å². The van der Waals surface area contributed by atoms with Gasteiger partial charge in [-0.15, -0.1) is 0 Å². The maximum atomic E-state index is 13.1. The molecule has 0 spiro atoms. The Kier molecular flexibility index (Phi) is 8.82. The van der Waals surface area contributed by atoms with Crippen LogP contribution >= 0.6 is 0 Å². The van der Waals surface area contributed by atoms with Crippen LogP contribution in [-0.4, -0.2) is 21.0 Å². The molecule has 0 aliphatic carbocycles. The molecule has 0 N–H and O–H groups in total. The van der Waals surface area contributed by atoms with Crippen molar-refractivity contribution in [3.63, 3.8) is 0 Å². The van der Waals surface area contributed by atoms with Crippen molar-refractivity contribution in [1.82, 2.24) is 14.5 Å². The SMILES string of the molecule is CCCCn1c(-c2ccccc2)nc(-c2ccccc2)c1CN(CCC)Cc1ccc(C(F)(F)F)cc1. The summed E-state index contributed by atoms with van der Waals surface area (Å²) in [4.78, 5) is 7.48. The minimum atomic E-state index is -4.33. The molecule has 0 saturated heterocycles. The maximum Gasteiger partial charge on any atom is 0.416 e. The number of unbranched alkanes of at least 4 members (excludes halogenated alkanes) is 1. The van der Waals surface area contributed by atoms with Gasteiger partial charge in [0.25, 0.3) is 0 Å². The van der Waals surface area contributed by atoms with Crippen molar-refractivity contribution in [2.75, 3.05) is 6.54 Å². The zero-order valence-electron chi connectivity index (χ0n) is 21.5. The molecular formula is C31H34F3N3. The fraction of sp³-hybridized carbons (Fsp3) is 0.323. The quantitative estimate of drug-likeness (QED) is 0.204. The van der Waals surface area contributed by atoms with Crippen molar-refractivity contribution in [2.24, 2.45) is 0 Å². The minimum Gasteiger partial charge on any atom is -0.326 e. The van der Waals surface area contributed by atoms with Crippen molar-refractivity contribution < 1.29 is 13.2 Å². The largest absolute Gasteiger partial charge is 0.416 e. The van der Waals surface area contributed by atoms with Gasteiger partial charge in [0.1, 0.15) is 5.82 Å². The lowest BCUT2D eigenvalue weighted by molar-refractivity contribution is -0.137. The van der Waals surface area contributed by atoms with Gasteiger partial charge in [-0.1, -0.05) is 93.1 Å². The number of alkyl halides is 3. The lowest BCUT2D eigenvalue weighted by Crippen LogP contribution is -2.25. The average Bonchev–Trinajstić information content (AvgIpc) is 3.26. The van der Waals surface area contributed by atoms with Crippen molar-refractivity contribution in [3.8, 4) is 22.6 Å². The molecular weight excluding hydrogens is 471 g/mol. The van der Waals surface area contributed by atoms with Gasteiger partial charge in [0, 0.05) is 30.8 Å². The molecule has 0 aliphatic rings. The normalized spacial score (nSPS) is 11.8. The Morgan fingerprint density at radius 3 is 1.95 bits per heavy atom. The fourth-order valence-corrected chi connectivity index (χ4v) is 4.64. The van der Waals surface area contributed by atoms with Crippen LogP contribution in [0.4, 0.5) is 13.2 Å². The number of imidazole rings is 1. The summed E-state index contributed by atoms with van der Waals surface area (Å²) in [5.41, 5.74) is 4.49. The Morgan fingerprint density at radius 2 is 1.38 bits per heavy atom. The fourth-order valence-electron chi connectivity index (χ4n) is 4.64. The number of halogens is 3. The number of benzene rings is 3. The Labute approximate surface area is 217 Å². The Hall–Kier alpha value is -3.38. The summed E-state index contributed by atoms with van der Waals surface area (Å²) in [6.07, 6.45) is -1.29. The third kappa shape index (κ3) is 6.69. The van der Waals surface area contributed by atoms with Crippen LogP contribution in [0.25, 0.3) is 22.6 Å². The van der Waals surface area contributed by atoms with Gasteiger partial charge in [0.15, 0.2) is 0 Å². The van der Waals surface area contributed by atoms with Gasteiger partial charge in [-0.25, -0.2) is 4.98 Å². The van der Waals surface area contributed by atoms with Gasteiger partial charge in [-0.05, 0) is 37.1 Å². The van der Waals surface area contributed by atoms with Crippen LogP contribution in [0.15, 0.2) is 84.9 Å². The molecule has 4 aromatic rings. The predicted molar refractivity (Wildman–Crippen MR) is 144 cm³/mol. The van der Waals surface area contributed by atoms with Crippen LogP contribution in [-0.2, 0) is 25.8 Å². The first kappa shape index (κ1) is 26.7. The lowest BCUT2D eigenvalue weighted by Gasteiger charge is -2.24. The van der Waals surface area contributed by atoms with Crippen molar-refractivity contribution in [1.29, 1.82) is 0 Å². The van der Waals surface area contributed by atoms with Crippen LogP contribution in [0, 0.1) is 0 Å². The second kappa shape index (κ2) is 12.2. The highest BCUT2D eigenvalue weighted by Crippen LogP contribution is 2.32. The van der Waals surface area contributed by atoms with Gasteiger partial charge in [-0.2, -0.15) is 13.2 Å². The molecule has 4 rings (SSSR count). The van der Waals surface area contributed by atoms with Crippen LogP contribution in [0.2, 0.25) is 0 Å². The highest BCUT2D eigenvalue weighted by atomic mass is 19.4. The van der Waals surface area contributed by atoms with Gasteiger partial charge in [0.2, 0.25) is 0 Å². The van der Waals surface area contributed by atoms with Gasteiger partial charge in [-0.3, -0.25) is 4.90 Å². The molecule has 0 unspecified atom stereocenters. The van der Waals surface area contributed by atoms with E-state index in [2.05, 4.69) is 47.6 Å². The predicted octanol–water partition coefficient (Wildman–Crippen LogP) is 8.45. The van der Waals surface area contributed by atoms with E-state index in [4.69, 9.17) is 4.98 Å². The van der Waals surface area contributed by atoms with E-state index in [1.165, 1.54) is 12.1 Å². The second-order valence-electron chi connectivity index (χ2n) is 9.37. The molecule has 3 aromatic carbocycles. The molecule has 194 valence electrons. The molecule has 3 nitrogen and oxygen atoms in total. The summed E-state index contributed by atoms with van der Waals surface area (Å²) in [5, 5.41) is 0. The van der Waals surface area contributed by atoms with E-state index >= 15 is 0 Å². The summed E-state index contributed by atoms with van der Waals surface area (Å²) in [6, 6.07) is 26.0.